The van der Waals surface area contributed by atoms with E-state index in [0.717, 1.165) is 12.2 Å². The summed E-state index contributed by atoms with van der Waals surface area (Å²) in [5.41, 5.74) is -0.872. The maximum absolute atomic E-state index is 13.1. The second-order valence-electron chi connectivity index (χ2n) is 8.08. The van der Waals surface area contributed by atoms with Crippen LogP contribution in [0, 0.1) is 0 Å². The molecule has 0 saturated carbocycles. The minimum atomic E-state index is -1.65. The van der Waals surface area contributed by atoms with Crippen molar-refractivity contribution < 1.29 is 19.1 Å². The molecule has 4 rings (SSSR count). The largest absolute Gasteiger partial charge is 0.441 e. The Morgan fingerprint density at radius 3 is 0.889 bits per heavy atom. The molecule has 0 atom stereocenters. The van der Waals surface area contributed by atoms with Crippen LogP contribution in [0.1, 0.15) is 22.3 Å². The zero-order valence-electron chi connectivity index (χ0n) is 19.7. The molecule has 4 aromatic rings. The molecule has 0 heterocycles. The van der Waals surface area contributed by atoms with Crippen LogP contribution in [0.3, 0.4) is 0 Å². The van der Waals surface area contributed by atoms with Gasteiger partial charge in [-0.25, -0.2) is 9.59 Å². The van der Waals surface area contributed by atoms with Gasteiger partial charge in [-0.05, 0) is 0 Å². The third-order valence-electron chi connectivity index (χ3n) is 6.06. The normalized spacial score (nSPS) is 11.2. The van der Waals surface area contributed by atoms with E-state index < -0.39 is 23.1 Å². The summed E-state index contributed by atoms with van der Waals surface area (Å²) in [5, 5.41) is 0. The molecule has 0 spiro atoms. The van der Waals surface area contributed by atoms with E-state index in [4.69, 9.17) is 9.47 Å². The lowest BCUT2D eigenvalue weighted by Gasteiger charge is -2.49. The van der Waals surface area contributed by atoms with Gasteiger partial charge in [-0.2, -0.15) is 0 Å². The maximum Gasteiger partial charge on any atom is 0.331 e. The van der Waals surface area contributed by atoms with Crippen molar-refractivity contribution in [2.24, 2.45) is 0 Å². The minimum absolute atomic E-state index is 0.607. The van der Waals surface area contributed by atoms with E-state index in [1.54, 1.807) is 0 Å². The molecule has 0 aromatic heterocycles. The zero-order valence-corrected chi connectivity index (χ0v) is 19.7. The molecule has 178 valence electrons. The van der Waals surface area contributed by atoms with Gasteiger partial charge < -0.3 is 9.47 Å². The molecule has 0 saturated heterocycles. The minimum Gasteiger partial charge on any atom is -0.441 e. The number of ether oxygens (including phenoxy) is 2. The predicted molar refractivity (Wildman–Crippen MR) is 140 cm³/mol. The lowest BCUT2D eigenvalue weighted by Crippen LogP contribution is -2.56. The summed E-state index contributed by atoms with van der Waals surface area (Å²) in [6.07, 6.45) is 2.22. The maximum atomic E-state index is 13.1. The molecule has 4 nitrogen and oxygen atoms in total. The molecule has 0 N–H and O–H groups in total. The average Bonchev–Trinajstić information content (AvgIpc) is 2.96. The van der Waals surface area contributed by atoms with E-state index in [1.165, 1.54) is 0 Å². The molecular weight excluding hydrogens is 448 g/mol. The molecule has 4 aromatic carbocycles. The van der Waals surface area contributed by atoms with Gasteiger partial charge >= 0.3 is 11.9 Å². The molecule has 0 fully saturated rings. The summed E-state index contributed by atoms with van der Waals surface area (Å²) in [5.74, 6) is -1.35. The van der Waals surface area contributed by atoms with Crippen molar-refractivity contribution in [3.8, 4) is 0 Å². The Bertz CT molecular complexity index is 1140. The fraction of sp³-hybridized carbons (Fsp3) is 0.0625. The van der Waals surface area contributed by atoms with Gasteiger partial charge in [-0.3, -0.25) is 0 Å². The molecular formula is C32H26O4. The number of esters is 2. The molecule has 0 aliphatic carbocycles. The first-order chi connectivity index (χ1) is 17.6. The Balaban J connectivity index is 2.27. The van der Waals surface area contributed by atoms with E-state index in [1.807, 2.05) is 121 Å². The van der Waals surface area contributed by atoms with Crippen LogP contribution in [0.4, 0.5) is 0 Å². The monoisotopic (exact) mass is 474 g/mol. The number of hydrogen-bond donors (Lipinski definition) is 0. The quantitative estimate of drug-likeness (QED) is 0.210. The van der Waals surface area contributed by atoms with Crippen molar-refractivity contribution in [2.75, 3.05) is 0 Å². The van der Waals surface area contributed by atoms with E-state index in [2.05, 4.69) is 13.2 Å². The SMILES string of the molecule is C=CC(=O)OC(c1ccccc1)(c1ccccc1)C(OC(=O)C=C)(c1ccccc1)c1ccccc1. The van der Waals surface area contributed by atoms with Crippen LogP contribution in [0.2, 0.25) is 0 Å². The van der Waals surface area contributed by atoms with Crippen LogP contribution in [0.15, 0.2) is 147 Å². The van der Waals surface area contributed by atoms with Gasteiger partial charge in [0.05, 0.1) is 0 Å². The molecule has 0 radical (unpaired) electrons. The highest BCUT2D eigenvalue weighted by molar-refractivity contribution is 5.84. The predicted octanol–water partition coefficient (Wildman–Crippen LogP) is 6.33. The Hall–Kier alpha value is -4.70. The lowest BCUT2D eigenvalue weighted by atomic mass is 9.65. The highest BCUT2D eigenvalue weighted by Gasteiger charge is 2.62. The van der Waals surface area contributed by atoms with Crippen LogP contribution in [-0.2, 0) is 30.3 Å². The average molecular weight is 475 g/mol. The molecule has 0 unspecified atom stereocenters. The third kappa shape index (κ3) is 4.25. The van der Waals surface area contributed by atoms with Crippen LogP contribution in [0.25, 0.3) is 0 Å². The van der Waals surface area contributed by atoms with Crippen molar-refractivity contribution in [2.45, 2.75) is 11.2 Å². The highest BCUT2D eigenvalue weighted by atomic mass is 16.6. The van der Waals surface area contributed by atoms with E-state index in [0.29, 0.717) is 22.3 Å². The summed E-state index contributed by atoms with van der Waals surface area (Å²) in [4.78, 5) is 26.3. The number of hydrogen-bond acceptors (Lipinski definition) is 4. The Morgan fingerprint density at radius 1 is 0.472 bits per heavy atom. The summed E-state index contributed by atoms with van der Waals surface area (Å²) >= 11 is 0. The van der Waals surface area contributed by atoms with Gasteiger partial charge in [0.15, 0.2) is 0 Å². The Morgan fingerprint density at radius 2 is 0.694 bits per heavy atom. The topological polar surface area (TPSA) is 52.6 Å². The highest BCUT2D eigenvalue weighted by Crippen LogP contribution is 2.54. The smallest absolute Gasteiger partial charge is 0.331 e. The Kier molecular flexibility index (Phi) is 7.26. The van der Waals surface area contributed by atoms with Crippen molar-refractivity contribution in [1.82, 2.24) is 0 Å². The first kappa shape index (κ1) is 24.4. The molecule has 0 amide bonds. The van der Waals surface area contributed by atoms with Crippen LogP contribution >= 0.6 is 0 Å². The molecule has 0 aliphatic heterocycles. The van der Waals surface area contributed by atoms with Crippen molar-refractivity contribution in [3.63, 3.8) is 0 Å². The summed E-state index contributed by atoms with van der Waals surface area (Å²) in [6, 6.07) is 37.1. The lowest BCUT2D eigenvalue weighted by molar-refractivity contribution is -0.195. The van der Waals surface area contributed by atoms with Gasteiger partial charge in [0.1, 0.15) is 0 Å². The van der Waals surface area contributed by atoms with Gasteiger partial charge in [0.2, 0.25) is 11.2 Å². The fourth-order valence-corrected chi connectivity index (χ4v) is 4.60. The van der Waals surface area contributed by atoms with Crippen LogP contribution < -0.4 is 0 Å². The standard InChI is InChI=1S/C32H26O4/c1-3-29(33)35-31(25-17-9-5-10-18-25,26-19-11-6-12-20-26)32(36-30(34)4-2,27-21-13-7-14-22-27)28-23-15-8-16-24-28/h3-24H,1-2H2. The van der Waals surface area contributed by atoms with Gasteiger partial charge in [-0.1, -0.05) is 134 Å². The van der Waals surface area contributed by atoms with Gasteiger partial charge in [0, 0.05) is 34.4 Å². The molecule has 0 bridgehead atoms. The van der Waals surface area contributed by atoms with Crippen LogP contribution in [0.5, 0.6) is 0 Å². The summed E-state index contributed by atoms with van der Waals surface area (Å²) in [7, 11) is 0. The van der Waals surface area contributed by atoms with Gasteiger partial charge in [0.25, 0.3) is 0 Å². The summed E-state index contributed by atoms with van der Waals surface area (Å²) < 4.78 is 12.8. The Labute approximate surface area is 211 Å². The number of rotatable bonds is 9. The van der Waals surface area contributed by atoms with Crippen molar-refractivity contribution >= 4 is 11.9 Å². The first-order valence-electron chi connectivity index (χ1n) is 11.5. The van der Waals surface area contributed by atoms with Crippen LogP contribution in [-0.4, -0.2) is 11.9 Å². The third-order valence-corrected chi connectivity index (χ3v) is 6.06. The van der Waals surface area contributed by atoms with Crippen molar-refractivity contribution in [3.05, 3.63) is 169 Å². The summed E-state index contributed by atoms with van der Waals surface area (Å²) in [6.45, 7) is 7.28. The van der Waals surface area contributed by atoms with Gasteiger partial charge in [-0.15, -0.1) is 0 Å². The molecule has 36 heavy (non-hydrogen) atoms. The number of carbonyl (C=O) groups is 2. The first-order valence-corrected chi connectivity index (χ1v) is 11.5. The zero-order chi connectivity index (χ0) is 25.4. The molecule has 0 aliphatic rings. The van der Waals surface area contributed by atoms with E-state index in [-0.39, 0.29) is 0 Å². The van der Waals surface area contributed by atoms with E-state index >= 15 is 0 Å². The fourth-order valence-electron chi connectivity index (χ4n) is 4.60. The number of carbonyl (C=O) groups excluding carboxylic acids is 2. The van der Waals surface area contributed by atoms with E-state index in [9.17, 15) is 9.59 Å². The second kappa shape index (κ2) is 10.7. The molecule has 4 heteroatoms. The number of benzene rings is 4. The second-order valence-corrected chi connectivity index (χ2v) is 8.08. The van der Waals surface area contributed by atoms with Crippen molar-refractivity contribution in [1.29, 1.82) is 0 Å².